The zero-order valence-corrected chi connectivity index (χ0v) is 8.03. The smallest absolute Gasteiger partial charge is 0.225 e. The Morgan fingerprint density at radius 2 is 2.14 bits per heavy atom. The van der Waals surface area contributed by atoms with E-state index in [1.165, 1.54) is 0 Å². The van der Waals surface area contributed by atoms with Crippen molar-refractivity contribution >= 4 is 5.91 Å². The van der Waals surface area contributed by atoms with Crippen LogP contribution in [0.15, 0.2) is 0 Å². The maximum Gasteiger partial charge on any atom is 0.225 e. The maximum atomic E-state index is 11.2. The van der Waals surface area contributed by atoms with Crippen molar-refractivity contribution in [1.82, 2.24) is 15.5 Å². The Morgan fingerprint density at radius 1 is 1.43 bits per heavy atom. The Bertz CT molecular complexity index is 217. The van der Waals surface area contributed by atoms with E-state index in [9.17, 15) is 4.79 Å². The van der Waals surface area contributed by atoms with Gasteiger partial charge >= 0.3 is 0 Å². The van der Waals surface area contributed by atoms with Crippen LogP contribution in [0.2, 0.25) is 0 Å². The topological polar surface area (TPSA) is 79.6 Å². The molecule has 6 nitrogen and oxygen atoms in total. The molecule has 2 fully saturated rings. The van der Waals surface area contributed by atoms with E-state index in [1.807, 2.05) is 0 Å². The molecule has 0 radical (unpaired) electrons. The number of rotatable bonds is 1. The van der Waals surface area contributed by atoms with Crippen LogP contribution in [-0.2, 0) is 9.53 Å². The maximum absolute atomic E-state index is 11.2. The van der Waals surface area contributed by atoms with Crippen LogP contribution in [0.5, 0.6) is 0 Å². The summed E-state index contributed by atoms with van der Waals surface area (Å²) in [5.74, 6) is 0.00717. The number of ether oxygens (including phenoxy) is 1. The van der Waals surface area contributed by atoms with Gasteiger partial charge < -0.3 is 15.8 Å². The molecule has 0 aromatic heterocycles. The molecule has 2 aliphatic rings. The first-order valence-corrected chi connectivity index (χ1v) is 4.88. The summed E-state index contributed by atoms with van der Waals surface area (Å²) in [4.78, 5) is 13.4. The third-order valence-corrected chi connectivity index (χ3v) is 2.49. The number of carbonyl (C=O) groups is 1. The molecule has 14 heavy (non-hydrogen) atoms. The minimum absolute atomic E-state index is 0.00717. The van der Waals surface area contributed by atoms with E-state index in [0.717, 1.165) is 13.1 Å². The van der Waals surface area contributed by atoms with Gasteiger partial charge in [0.15, 0.2) is 0 Å². The van der Waals surface area contributed by atoms with E-state index in [4.69, 9.17) is 10.5 Å². The second-order valence-corrected chi connectivity index (χ2v) is 3.60. The predicted molar refractivity (Wildman–Crippen MR) is 50.1 cm³/mol. The molecule has 2 heterocycles. The van der Waals surface area contributed by atoms with Gasteiger partial charge in [0.25, 0.3) is 0 Å². The molecule has 0 aliphatic carbocycles. The van der Waals surface area contributed by atoms with Crippen molar-refractivity contribution in [3.05, 3.63) is 0 Å². The molecule has 0 aromatic carbocycles. The molecule has 6 heteroatoms. The Kier molecular flexibility index (Phi) is 2.97. The second-order valence-electron chi connectivity index (χ2n) is 3.60. The molecule has 2 aliphatic heterocycles. The highest BCUT2D eigenvalue weighted by Crippen LogP contribution is 2.04. The van der Waals surface area contributed by atoms with E-state index in [2.05, 4.69) is 15.5 Å². The van der Waals surface area contributed by atoms with Crippen molar-refractivity contribution in [2.24, 2.45) is 5.73 Å². The first kappa shape index (κ1) is 9.85. The van der Waals surface area contributed by atoms with Gasteiger partial charge in [-0.2, -0.15) is 0 Å². The van der Waals surface area contributed by atoms with E-state index < -0.39 is 0 Å². The number of hydrogen-bond donors (Lipinski definition) is 3. The third kappa shape index (κ3) is 2.21. The zero-order chi connectivity index (χ0) is 9.97. The second kappa shape index (κ2) is 4.22. The molecular formula is C8H16N4O2. The summed E-state index contributed by atoms with van der Waals surface area (Å²) < 4.78 is 5.23. The lowest BCUT2D eigenvalue weighted by molar-refractivity contribution is -0.128. The van der Waals surface area contributed by atoms with Crippen molar-refractivity contribution < 1.29 is 9.53 Å². The first-order chi connectivity index (χ1) is 6.75. The molecule has 1 amide bonds. The highest BCUT2D eigenvalue weighted by molar-refractivity contribution is 5.77. The van der Waals surface area contributed by atoms with E-state index in [-0.39, 0.29) is 18.4 Å². The minimum Gasteiger partial charge on any atom is -0.379 e. The Hall–Kier alpha value is -0.690. The molecule has 0 bridgehead atoms. The zero-order valence-electron chi connectivity index (χ0n) is 8.03. The van der Waals surface area contributed by atoms with Crippen LogP contribution in [0.3, 0.4) is 0 Å². The van der Waals surface area contributed by atoms with Crippen LogP contribution in [0.1, 0.15) is 6.42 Å². The van der Waals surface area contributed by atoms with Crippen LogP contribution in [0.25, 0.3) is 0 Å². The number of amides is 1. The summed E-state index contributed by atoms with van der Waals surface area (Å²) in [6.07, 6.45) is -0.0207. The van der Waals surface area contributed by atoms with Gasteiger partial charge in [-0.1, -0.05) is 0 Å². The molecule has 4 N–H and O–H groups in total. The van der Waals surface area contributed by atoms with Crippen molar-refractivity contribution in [3.8, 4) is 0 Å². The van der Waals surface area contributed by atoms with Crippen LogP contribution in [0, 0.1) is 0 Å². The Morgan fingerprint density at radius 3 is 2.79 bits per heavy atom. The SMILES string of the molecule is NC1CC(=O)NC(N2CCOCC2)N1. The van der Waals surface area contributed by atoms with Crippen molar-refractivity contribution in [1.29, 1.82) is 0 Å². The average Bonchev–Trinajstić information content (AvgIpc) is 2.18. The molecule has 2 unspecified atom stereocenters. The van der Waals surface area contributed by atoms with Crippen LogP contribution < -0.4 is 16.4 Å². The summed E-state index contributed by atoms with van der Waals surface area (Å²) >= 11 is 0. The number of nitrogens with one attached hydrogen (secondary N) is 2. The fraction of sp³-hybridized carbons (Fsp3) is 0.875. The highest BCUT2D eigenvalue weighted by Gasteiger charge is 2.28. The normalized spacial score (nSPS) is 35.4. The predicted octanol–water partition coefficient (Wildman–Crippen LogP) is -2.00. The Balaban J connectivity index is 1.91. The Labute approximate surface area is 82.8 Å². The summed E-state index contributed by atoms with van der Waals surface area (Å²) in [5.41, 5.74) is 5.69. The molecule has 2 saturated heterocycles. The van der Waals surface area contributed by atoms with Crippen LogP contribution >= 0.6 is 0 Å². The van der Waals surface area contributed by atoms with Gasteiger partial charge in [0, 0.05) is 13.1 Å². The van der Waals surface area contributed by atoms with Gasteiger partial charge in [-0.05, 0) is 0 Å². The number of morpholine rings is 1. The van der Waals surface area contributed by atoms with Crippen LogP contribution in [0.4, 0.5) is 0 Å². The molecule has 0 aromatic rings. The lowest BCUT2D eigenvalue weighted by Gasteiger charge is -2.39. The standard InChI is InChI=1S/C8H16N4O2/c9-6-5-7(13)11-8(10-6)12-1-3-14-4-2-12/h6,8,10H,1-5,9H2,(H,11,13). The van der Waals surface area contributed by atoms with Gasteiger partial charge in [0.05, 0.1) is 25.8 Å². The van der Waals surface area contributed by atoms with Gasteiger partial charge in [0.1, 0.15) is 6.29 Å². The van der Waals surface area contributed by atoms with Gasteiger partial charge in [0.2, 0.25) is 5.91 Å². The third-order valence-electron chi connectivity index (χ3n) is 2.49. The largest absolute Gasteiger partial charge is 0.379 e. The molecule has 80 valence electrons. The number of nitrogens with zero attached hydrogens (tertiary/aromatic N) is 1. The van der Waals surface area contributed by atoms with Crippen molar-refractivity contribution in [3.63, 3.8) is 0 Å². The fourth-order valence-corrected chi connectivity index (χ4v) is 1.75. The molecule has 0 spiro atoms. The van der Waals surface area contributed by atoms with Crippen LogP contribution in [-0.4, -0.2) is 49.6 Å². The highest BCUT2D eigenvalue weighted by atomic mass is 16.5. The molecule has 0 saturated carbocycles. The minimum atomic E-state index is -0.239. The summed E-state index contributed by atoms with van der Waals surface area (Å²) in [7, 11) is 0. The summed E-state index contributed by atoms with van der Waals surface area (Å²) in [6.45, 7) is 3.07. The van der Waals surface area contributed by atoms with Crippen molar-refractivity contribution in [2.45, 2.75) is 18.9 Å². The summed E-state index contributed by atoms with van der Waals surface area (Å²) in [6, 6.07) is 0. The van der Waals surface area contributed by atoms with E-state index in [0.29, 0.717) is 19.6 Å². The quantitative estimate of drug-likeness (QED) is 0.456. The molecule has 2 rings (SSSR count). The monoisotopic (exact) mass is 200 g/mol. The van der Waals surface area contributed by atoms with Gasteiger partial charge in [-0.15, -0.1) is 0 Å². The van der Waals surface area contributed by atoms with E-state index in [1.54, 1.807) is 0 Å². The first-order valence-electron chi connectivity index (χ1n) is 4.88. The summed E-state index contributed by atoms with van der Waals surface area (Å²) in [5, 5.41) is 5.99. The molecular weight excluding hydrogens is 184 g/mol. The van der Waals surface area contributed by atoms with Gasteiger partial charge in [-0.25, -0.2) is 0 Å². The lowest BCUT2D eigenvalue weighted by atomic mass is 10.2. The average molecular weight is 200 g/mol. The number of carbonyl (C=O) groups excluding carboxylic acids is 1. The lowest BCUT2D eigenvalue weighted by Crippen LogP contribution is -2.67. The number of hydrogen-bond acceptors (Lipinski definition) is 5. The fourth-order valence-electron chi connectivity index (χ4n) is 1.75. The van der Waals surface area contributed by atoms with Gasteiger partial charge in [-0.3, -0.25) is 15.0 Å². The van der Waals surface area contributed by atoms with E-state index >= 15 is 0 Å². The number of nitrogens with two attached hydrogens (primary N) is 1. The molecule has 2 atom stereocenters. The van der Waals surface area contributed by atoms with Crippen molar-refractivity contribution in [2.75, 3.05) is 26.3 Å².